The number of aliphatic hydroxyl groups excluding tert-OH is 5. The van der Waals surface area contributed by atoms with E-state index in [0.29, 0.717) is 5.56 Å². The predicted molar refractivity (Wildman–Crippen MR) is 119 cm³/mol. The number of phenolic OH excluding ortho intramolecular Hbond substituents is 1. The number of hydrogen-bond acceptors (Lipinski definition) is 11. The second-order valence-electron chi connectivity index (χ2n) is 8.71. The molecule has 3 rings (SSSR count). The van der Waals surface area contributed by atoms with Crippen molar-refractivity contribution in [1.29, 1.82) is 0 Å². The van der Waals surface area contributed by atoms with Crippen LogP contribution in [0, 0.1) is 0 Å². The first-order chi connectivity index (χ1) is 16.5. The normalized spacial score (nSPS) is 33.4. The van der Waals surface area contributed by atoms with Gasteiger partial charge in [-0.2, -0.15) is 0 Å². The molecule has 2 fully saturated rings. The summed E-state index contributed by atoms with van der Waals surface area (Å²) in [6.45, 7) is 2.19. The molecule has 8 atom stereocenters. The molecule has 12 heteroatoms. The van der Waals surface area contributed by atoms with Gasteiger partial charge in [-0.15, -0.1) is 0 Å². The van der Waals surface area contributed by atoms with Gasteiger partial charge in [0.25, 0.3) is 0 Å². The number of nitrogens with one attached hydrogen (secondary N) is 1. The molecule has 0 bridgehead atoms. The number of phenols is 1. The lowest BCUT2D eigenvalue weighted by Crippen LogP contribution is -2.56. The predicted octanol–water partition coefficient (Wildman–Crippen LogP) is -1.45. The number of benzene rings is 1. The quantitative estimate of drug-likeness (QED) is 0.164. The third kappa shape index (κ3) is 6.35. The topological polar surface area (TPSA) is 195 Å². The Morgan fingerprint density at radius 2 is 1.77 bits per heavy atom. The van der Waals surface area contributed by atoms with E-state index < -0.39 is 67.4 Å². The molecule has 0 radical (unpaired) electrons. The maximum absolute atomic E-state index is 12.6. The van der Waals surface area contributed by atoms with Gasteiger partial charge in [-0.1, -0.05) is 6.07 Å². The maximum atomic E-state index is 12.6. The molecule has 1 aromatic rings. The highest BCUT2D eigenvalue weighted by atomic mass is 16.7. The van der Waals surface area contributed by atoms with Crippen LogP contribution in [0.3, 0.4) is 0 Å². The third-order valence-corrected chi connectivity index (χ3v) is 6.03. The first-order valence-electron chi connectivity index (χ1n) is 11.1. The van der Waals surface area contributed by atoms with Gasteiger partial charge in [0.2, 0.25) is 12.2 Å². The highest BCUT2D eigenvalue weighted by Gasteiger charge is 2.46. The Bertz CT molecular complexity index is 939. The monoisotopic (exact) mass is 497 g/mol. The summed E-state index contributed by atoms with van der Waals surface area (Å²) in [6.07, 6.45) is -6.47. The molecule has 194 valence electrons. The SMILES string of the molecule is CC(=O)[C@H]1O[C@@H](Oc2ccc(/C=C(\C)C(=O)NC3[C@H](O)CC(OCO)C[C@@H]3O)cc2O)[C@@H](O)[C@@H]1O. The van der Waals surface area contributed by atoms with Gasteiger partial charge in [0.1, 0.15) is 25.1 Å². The van der Waals surface area contributed by atoms with Crippen molar-refractivity contribution < 1.29 is 54.4 Å². The molecule has 1 amide bonds. The Labute approximate surface area is 201 Å². The Morgan fingerprint density at radius 1 is 1.11 bits per heavy atom. The van der Waals surface area contributed by atoms with Crippen molar-refractivity contribution >= 4 is 17.8 Å². The molecule has 1 saturated heterocycles. The number of amides is 1. The summed E-state index contributed by atoms with van der Waals surface area (Å²) in [5.74, 6) is -1.43. The van der Waals surface area contributed by atoms with Crippen LogP contribution in [-0.2, 0) is 19.1 Å². The average Bonchev–Trinajstić information content (AvgIpc) is 3.07. The first kappa shape index (κ1) is 27.0. The van der Waals surface area contributed by atoms with Crippen LogP contribution < -0.4 is 10.1 Å². The fraction of sp³-hybridized carbons (Fsp3) is 0.565. The summed E-state index contributed by atoms with van der Waals surface area (Å²) < 4.78 is 15.7. The summed E-state index contributed by atoms with van der Waals surface area (Å²) in [5.41, 5.74) is 0.659. The standard InChI is InChI=1S/C23H31NO11/c1-10(22(32)24-18-15(28)7-13(33-9-25)8-16(18)29)5-12-3-4-17(14(27)6-12)34-23-20(31)19(30)21(35-23)11(2)26/h3-6,13,15-16,18-21,23,25,27-31H,7-9H2,1-2H3,(H,24,32)/b10-5+/t13?,15-,16+,18?,19-,20-,21+,23+/m0/s1. The van der Waals surface area contributed by atoms with Crippen molar-refractivity contribution in [3.63, 3.8) is 0 Å². The third-order valence-electron chi connectivity index (χ3n) is 6.03. The molecule has 1 aliphatic heterocycles. The van der Waals surface area contributed by atoms with Crippen molar-refractivity contribution in [2.24, 2.45) is 0 Å². The van der Waals surface area contributed by atoms with Gasteiger partial charge in [-0.05, 0) is 37.6 Å². The van der Waals surface area contributed by atoms with Crippen LogP contribution in [0.2, 0.25) is 0 Å². The van der Waals surface area contributed by atoms with Gasteiger partial charge < -0.3 is 50.2 Å². The van der Waals surface area contributed by atoms with Crippen molar-refractivity contribution in [3.8, 4) is 11.5 Å². The largest absolute Gasteiger partial charge is 0.504 e. The smallest absolute Gasteiger partial charge is 0.247 e. The molecule has 1 saturated carbocycles. The van der Waals surface area contributed by atoms with Crippen molar-refractivity contribution in [2.45, 2.75) is 75.6 Å². The number of ether oxygens (including phenoxy) is 3. The second kappa shape index (κ2) is 11.4. The number of aliphatic hydroxyl groups is 5. The minimum absolute atomic E-state index is 0.0715. The number of hydrogen-bond donors (Lipinski definition) is 7. The van der Waals surface area contributed by atoms with Crippen LogP contribution in [0.4, 0.5) is 0 Å². The summed E-state index contributed by atoms with van der Waals surface area (Å²) in [7, 11) is 0. The van der Waals surface area contributed by atoms with Crippen LogP contribution in [-0.4, -0.2) is 98.1 Å². The number of aromatic hydroxyl groups is 1. The van der Waals surface area contributed by atoms with Gasteiger partial charge in [-0.3, -0.25) is 9.59 Å². The highest BCUT2D eigenvalue weighted by molar-refractivity contribution is 5.97. The van der Waals surface area contributed by atoms with Gasteiger partial charge in [0.15, 0.2) is 17.3 Å². The Kier molecular flexibility index (Phi) is 8.83. The molecule has 2 unspecified atom stereocenters. The van der Waals surface area contributed by atoms with Crippen LogP contribution in [0.15, 0.2) is 23.8 Å². The molecule has 0 spiro atoms. The number of carbonyl (C=O) groups is 2. The van der Waals surface area contributed by atoms with Crippen molar-refractivity contribution in [1.82, 2.24) is 5.32 Å². The Hall–Kier alpha value is -2.58. The minimum Gasteiger partial charge on any atom is -0.504 e. The molecule has 2 aliphatic rings. The number of ketones is 1. The van der Waals surface area contributed by atoms with E-state index in [1.54, 1.807) is 0 Å². The van der Waals surface area contributed by atoms with Crippen molar-refractivity contribution in [3.05, 3.63) is 29.3 Å². The molecule has 0 aromatic heterocycles. The van der Waals surface area contributed by atoms with Gasteiger partial charge in [-0.25, -0.2) is 0 Å². The fourth-order valence-electron chi connectivity index (χ4n) is 4.13. The van der Waals surface area contributed by atoms with Gasteiger partial charge >= 0.3 is 0 Å². The van der Waals surface area contributed by atoms with Crippen LogP contribution in [0.25, 0.3) is 6.08 Å². The number of carbonyl (C=O) groups excluding carboxylic acids is 2. The maximum Gasteiger partial charge on any atom is 0.247 e. The van der Waals surface area contributed by atoms with E-state index in [9.17, 15) is 35.1 Å². The van der Waals surface area contributed by atoms with E-state index in [1.807, 2.05) is 0 Å². The number of Topliss-reactive ketones (excluding diaryl/α,β-unsaturated/α-hetero) is 1. The summed E-state index contributed by atoms with van der Waals surface area (Å²) in [4.78, 5) is 24.1. The van der Waals surface area contributed by atoms with E-state index in [4.69, 9.17) is 19.3 Å². The zero-order valence-electron chi connectivity index (χ0n) is 19.3. The second-order valence-corrected chi connectivity index (χ2v) is 8.71. The highest BCUT2D eigenvalue weighted by Crippen LogP contribution is 2.32. The van der Waals surface area contributed by atoms with E-state index in [1.165, 1.54) is 38.1 Å². The first-order valence-corrected chi connectivity index (χ1v) is 11.1. The molecule has 1 heterocycles. The van der Waals surface area contributed by atoms with Crippen LogP contribution >= 0.6 is 0 Å². The Morgan fingerprint density at radius 3 is 2.31 bits per heavy atom. The van der Waals surface area contributed by atoms with E-state index >= 15 is 0 Å². The summed E-state index contributed by atoms with van der Waals surface area (Å²) >= 11 is 0. The average molecular weight is 497 g/mol. The van der Waals surface area contributed by atoms with E-state index in [2.05, 4.69) is 5.32 Å². The molecule has 1 aromatic carbocycles. The molecular weight excluding hydrogens is 466 g/mol. The zero-order valence-corrected chi connectivity index (χ0v) is 19.3. The van der Waals surface area contributed by atoms with Gasteiger partial charge in [0.05, 0.1) is 24.4 Å². The molecule has 12 nitrogen and oxygen atoms in total. The Balaban J connectivity index is 1.63. The van der Waals surface area contributed by atoms with Crippen LogP contribution in [0.1, 0.15) is 32.3 Å². The van der Waals surface area contributed by atoms with Gasteiger partial charge in [0, 0.05) is 18.4 Å². The summed E-state index contributed by atoms with van der Waals surface area (Å²) in [5, 5.41) is 62.2. The lowest BCUT2D eigenvalue weighted by atomic mass is 9.87. The number of rotatable bonds is 8. The minimum atomic E-state index is -1.50. The van der Waals surface area contributed by atoms with Crippen LogP contribution in [0.5, 0.6) is 11.5 Å². The van der Waals surface area contributed by atoms with E-state index in [-0.39, 0.29) is 29.9 Å². The fourth-order valence-corrected chi connectivity index (χ4v) is 4.13. The molecule has 1 aliphatic carbocycles. The molecular formula is C23H31NO11. The van der Waals surface area contributed by atoms with Crippen molar-refractivity contribution in [2.75, 3.05) is 6.79 Å². The lowest BCUT2D eigenvalue weighted by Gasteiger charge is -2.37. The molecule has 7 N–H and O–H groups in total. The zero-order chi connectivity index (χ0) is 25.9. The summed E-state index contributed by atoms with van der Waals surface area (Å²) in [6, 6.07) is 3.27. The molecule has 35 heavy (non-hydrogen) atoms. The lowest BCUT2D eigenvalue weighted by molar-refractivity contribution is -0.141. The van der Waals surface area contributed by atoms with E-state index in [0.717, 1.165) is 0 Å².